The van der Waals surface area contributed by atoms with Crippen LogP contribution in [0, 0.1) is 11.8 Å². The Morgan fingerprint density at radius 1 is 0.939 bits per heavy atom. The number of allylic oxidation sites excluding steroid dienone is 1. The third kappa shape index (κ3) is 8.65. The summed E-state index contributed by atoms with van der Waals surface area (Å²) in [5.41, 5.74) is 5.45. The zero-order valence-corrected chi connectivity index (χ0v) is 23.2. The molecule has 2 saturated heterocycles. The van der Waals surface area contributed by atoms with Gasteiger partial charge in [-0.05, 0) is 28.9 Å². The van der Waals surface area contributed by atoms with Gasteiger partial charge in [0.2, 0.25) is 0 Å². The third-order valence-electron chi connectivity index (χ3n) is 6.87. The fourth-order valence-corrected chi connectivity index (χ4v) is 7.07. The topological polar surface area (TPSA) is 31.2 Å². The molecule has 4 heterocycles. The normalized spacial score (nSPS) is 24.3. The van der Waals surface area contributed by atoms with Gasteiger partial charge >= 0.3 is 0 Å². The quantitative estimate of drug-likeness (QED) is 0.504. The van der Waals surface area contributed by atoms with E-state index in [0.29, 0.717) is 22.3 Å². The molecule has 2 fully saturated rings. The highest BCUT2D eigenvalue weighted by molar-refractivity contribution is 8.27. The smallest absolute Gasteiger partial charge is 0.0507 e. The molecule has 0 atom stereocenters. The summed E-state index contributed by atoms with van der Waals surface area (Å²) in [5, 5.41) is 0. The molecule has 6 heteroatoms. The van der Waals surface area contributed by atoms with Gasteiger partial charge in [-0.2, -0.15) is 10.5 Å². The molecule has 4 nitrogen and oxygen atoms in total. The van der Waals surface area contributed by atoms with Gasteiger partial charge in [0.05, 0.1) is 5.70 Å². The van der Waals surface area contributed by atoms with Gasteiger partial charge < -0.3 is 0 Å². The highest BCUT2D eigenvalue weighted by atomic mass is 32.2. The molecule has 0 radical (unpaired) electrons. The van der Waals surface area contributed by atoms with Gasteiger partial charge in [-0.25, -0.2) is 9.21 Å². The maximum atomic E-state index is 4.73. The van der Waals surface area contributed by atoms with Gasteiger partial charge in [-0.1, -0.05) is 51.4 Å². The fourth-order valence-electron chi connectivity index (χ4n) is 4.33. The van der Waals surface area contributed by atoms with Gasteiger partial charge in [0.15, 0.2) is 0 Å². The Bertz CT molecular complexity index is 911. The minimum absolute atomic E-state index is 0.432. The van der Waals surface area contributed by atoms with E-state index >= 15 is 0 Å². The predicted octanol–water partition coefficient (Wildman–Crippen LogP) is 4.74. The van der Waals surface area contributed by atoms with Gasteiger partial charge in [0.25, 0.3) is 0 Å². The van der Waals surface area contributed by atoms with Crippen molar-refractivity contribution in [2.24, 2.45) is 21.8 Å². The Morgan fingerprint density at radius 2 is 1.55 bits per heavy atom. The first-order valence-corrected chi connectivity index (χ1v) is 16.5. The fraction of sp³-hybridized carbons (Fsp3) is 0.667. The van der Waals surface area contributed by atoms with Crippen molar-refractivity contribution in [3.8, 4) is 0 Å². The molecule has 0 aromatic heterocycles. The van der Waals surface area contributed by atoms with Crippen LogP contribution in [0.3, 0.4) is 0 Å². The molecule has 186 valence electrons. The largest absolute Gasteiger partial charge is 0.298 e. The highest BCUT2D eigenvalue weighted by Crippen LogP contribution is 2.25. The molecule has 0 saturated carbocycles. The van der Waals surface area contributed by atoms with E-state index in [2.05, 4.69) is 72.4 Å². The zero-order chi connectivity index (χ0) is 24.0. The maximum absolute atomic E-state index is 4.73. The van der Waals surface area contributed by atoms with Crippen LogP contribution in [0.5, 0.6) is 0 Å². The summed E-state index contributed by atoms with van der Waals surface area (Å²) in [6, 6.07) is 0. The standard InChI is InChI=1S/C14H24N2S.C13H22N2S/c1-12(2)14-6-5-13(15-14)11-16-7-9-17(3,4)10-8-16;1-11(2)13-8-12(9-14-13)10-15-4-6-16(3)7-5-15/h5,12H,3-4,6-11H2,1-2H3;9,11H,3-8,10H2,1-2H3. The van der Waals surface area contributed by atoms with Crippen LogP contribution < -0.4 is 0 Å². The van der Waals surface area contributed by atoms with Gasteiger partial charge in [0.1, 0.15) is 0 Å². The van der Waals surface area contributed by atoms with Crippen LogP contribution in [-0.2, 0) is 0 Å². The summed E-state index contributed by atoms with van der Waals surface area (Å²) in [6.07, 6.45) is 6.54. The van der Waals surface area contributed by atoms with Crippen molar-refractivity contribution < 1.29 is 0 Å². The number of rotatable bonds is 6. The van der Waals surface area contributed by atoms with E-state index in [-0.39, 0.29) is 0 Å². The average Bonchev–Trinajstić information content (AvgIpc) is 3.42. The van der Waals surface area contributed by atoms with E-state index in [1.807, 2.05) is 0 Å². The molecule has 0 unspecified atom stereocenters. The van der Waals surface area contributed by atoms with Crippen LogP contribution >= 0.6 is 19.7 Å². The van der Waals surface area contributed by atoms with E-state index in [0.717, 1.165) is 39.0 Å². The molecule has 0 amide bonds. The van der Waals surface area contributed by atoms with Crippen LogP contribution in [0.1, 0.15) is 40.5 Å². The summed E-state index contributed by atoms with van der Waals surface area (Å²) in [5.74, 6) is 18.7. The highest BCUT2D eigenvalue weighted by Gasteiger charge is 2.19. The lowest BCUT2D eigenvalue weighted by molar-refractivity contribution is 0.327. The molecule has 33 heavy (non-hydrogen) atoms. The van der Waals surface area contributed by atoms with Gasteiger partial charge in [-0.3, -0.25) is 19.8 Å². The second-order valence-electron chi connectivity index (χ2n) is 10.6. The first-order valence-electron chi connectivity index (χ1n) is 12.5. The lowest BCUT2D eigenvalue weighted by Crippen LogP contribution is -2.35. The zero-order valence-electron chi connectivity index (χ0n) is 21.5. The second kappa shape index (κ2) is 12.1. The van der Waals surface area contributed by atoms with Gasteiger partial charge in [-0.15, -0.1) is 0 Å². The number of hydrogen-bond donors (Lipinski definition) is 0. The van der Waals surface area contributed by atoms with Crippen molar-refractivity contribution in [2.75, 3.05) is 62.3 Å². The predicted molar refractivity (Wildman–Crippen MR) is 159 cm³/mol. The summed E-state index contributed by atoms with van der Waals surface area (Å²) >= 11 is 0. The molecule has 4 aliphatic rings. The lowest BCUT2D eigenvalue weighted by Gasteiger charge is -2.31. The SMILES string of the molecule is C=S1(=C)CCN(CC2=CCC(C(C)C)=N2)CC1.C=S1CCN(CC2=CN=C(C(C)C)C2)CC1. The summed E-state index contributed by atoms with van der Waals surface area (Å²) in [7, 11) is -0.339. The van der Waals surface area contributed by atoms with Crippen LogP contribution in [0.15, 0.2) is 33.5 Å². The Hall–Kier alpha value is -0.950. The van der Waals surface area contributed by atoms with Crippen LogP contribution in [0.25, 0.3) is 0 Å². The first kappa shape index (κ1) is 26.7. The molecule has 0 N–H and O–H groups in total. The van der Waals surface area contributed by atoms with Crippen molar-refractivity contribution in [1.82, 2.24) is 9.80 Å². The number of hydrogen-bond acceptors (Lipinski definition) is 4. The Morgan fingerprint density at radius 3 is 2.09 bits per heavy atom. The van der Waals surface area contributed by atoms with Crippen molar-refractivity contribution >= 4 is 48.7 Å². The Balaban J connectivity index is 0.000000186. The van der Waals surface area contributed by atoms with Gasteiger partial charge in [0, 0.05) is 81.2 Å². The molecule has 0 aromatic carbocycles. The summed E-state index contributed by atoms with van der Waals surface area (Å²) < 4.78 is 0. The monoisotopic (exact) mass is 490 g/mol. The van der Waals surface area contributed by atoms with Crippen molar-refractivity contribution in [3.63, 3.8) is 0 Å². The molecule has 0 aliphatic carbocycles. The van der Waals surface area contributed by atoms with E-state index in [4.69, 9.17) is 4.99 Å². The molecule has 0 bridgehead atoms. The lowest BCUT2D eigenvalue weighted by atomic mass is 10.0. The average molecular weight is 491 g/mol. The molecular formula is C27H46N4S2. The van der Waals surface area contributed by atoms with Crippen LogP contribution in [-0.4, -0.2) is 101 Å². The van der Waals surface area contributed by atoms with Crippen molar-refractivity contribution in [2.45, 2.75) is 40.5 Å². The van der Waals surface area contributed by atoms with E-state index in [9.17, 15) is 0 Å². The second-order valence-corrected chi connectivity index (χ2v) is 15.9. The minimum Gasteiger partial charge on any atom is -0.298 e. The third-order valence-corrected chi connectivity index (χ3v) is 10.5. The van der Waals surface area contributed by atoms with E-state index in [1.165, 1.54) is 58.8 Å². The Labute approximate surface area is 206 Å². The van der Waals surface area contributed by atoms with Crippen molar-refractivity contribution in [3.05, 3.63) is 23.5 Å². The molecule has 0 aromatic rings. The number of nitrogens with zero attached hydrogens (tertiary/aromatic N) is 4. The maximum Gasteiger partial charge on any atom is 0.0507 e. The molecular weight excluding hydrogens is 444 g/mol. The van der Waals surface area contributed by atoms with Crippen LogP contribution in [0.2, 0.25) is 0 Å². The summed E-state index contributed by atoms with van der Waals surface area (Å²) in [4.78, 5) is 14.3. The molecule has 4 aliphatic heterocycles. The van der Waals surface area contributed by atoms with Crippen molar-refractivity contribution in [1.29, 1.82) is 0 Å². The Kier molecular flexibility index (Phi) is 9.81. The van der Waals surface area contributed by atoms with E-state index in [1.54, 1.807) is 0 Å². The number of aliphatic imine (C=N–C) groups is 2. The minimum atomic E-state index is -0.770. The van der Waals surface area contributed by atoms with E-state index < -0.39 is 9.21 Å². The molecule has 0 spiro atoms. The first-order chi connectivity index (χ1) is 15.6. The molecule has 4 rings (SSSR count). The van der Waals surface area contributed by atoms with Crippen LogP contribution in [0.4, 0.5) is 0 Å². The summed E-state index contributed by atoms with van der Waals surface area (Å²) in [6.45, 7) is 15.8.